The molecule has 0 saturated carbocycles. The highest BCUT2D eigenvalue weighted by Gasteiger charge is 2.48. The maximum atomic E-state index is 13.4. The Labute approximate surface area is 220 Å². The SMILES string of the molecule is CCOc1ccc2nc(N3C(=O)C(=O)C(=C(O)c4cccc(OC)c4)C3c3ccc([N+](=O)[O-])cc3)sc2c1. The number of nitro benzene ring substituents is 1. The molecule has 5 rings (SSSR count). The number of methoxy groups -OCH3 is 1. The quantitative estimate of drug-likeness (QED) is 0.113. The predicted molar refractivity (Wildman–Crippen MR) is 142 cm³/mol. The minimum atomic E-state index is -1.08. The van der Waals surface area contributed by atoms with Crippen LogP contribution in [0.5, 0.6) is 11.5 Å². The Morgan fingerprint density at radius 3 is 2.55 bits per heavy atom. The van der Waals surface area contributed by atoms with Crippen LogP contribution in [0.25, 0.3) is 16.0 Å². The minimum absolute atomic E-state index is 0.151. The van der Waals surface area contributed by atoms with Crippen molar-refractivity contribution in [2.45, 2.75) is 13.0 Å². The third-order valence-electron chi connectivity index (χ3n) is 6.07. The van der Waals surface area contributed by atoms with E-state index in [0.717, 1.165) is 4.70 Å². The average Bonchev–Trinajstić information content (AvgIpc) is 3.46. The fraction of sp³-hybridized carbons (Fsp3) is 0.148. The number of carbonyl (C=O) groups is 2. The highest BCUT2D eigenvalue weighted by Crippen LogP contribution is 2.45. The molecule has 1 N–H and O–H groups in total. The highest BCUT2D eigenvalue weighted by atomic mass is 32.1. The van der Waals surface area contributed by atoms with Gasteiger partial charge in [0.1, 0.15) is 17.3 Å². The van der Waals surface area contributed by atoms with Gasteiger partial charge in [0.15, 0.2) is 5.13 Å². The van der Waals surface area contributed by atoms with Crippen LogP contribution in [0.3, 0.4) is 0 Å². The van der Waals surface area contributed by atoms with Crippen molar-refractivity contribution in [3.63, 3.8) is 0 Å². The molecule has 1 unspecified atom stereocenters. The number of nitrogens with zero attached hydrogens (tertiary/aromatic N) is 3. The zero-order valence-corrected chi connectivity index (χ0v) is 21.1. The van der Waals surface area contributed by atoms with Crippen molar-refractivity contribution < 1.29 is 29.1 Å². The number of thiazole rings is 1. The van der Waals surface area contributed by atoms with Gasteiger partial charge in [0, 0.05) is 17.7 Å². The molecule has 1 aliphatic heterocycles. The van der Waals surface area contributed by atoms with E-state index in [9.17, 15) is 24.8 Å². The second-order valence-corrected chi connectivity index (χ2v) is 9.32. The molecule has 1 saturated heterocycles. The number of carbonyl (C=O) groups excluding carboxylic acids is 2. The van der Waals surface area contributed by atoms with Crippen LogP contribution in [0.4, 0.5) is 10.8 Å². The second-order valence-electron chi connectivity index (χ2n) is 8.31. The van der Waals surface area contributed by atoms with Crippen LogP contribution < -0.4 is 14.4 Å². The van der Waals surface area contributed by atoms with Crippen LogP contribution in [-0.2, 0) is 9.59 Å². The van der Waals surface area contributed by atoms with Crippen LogP contribution in [-0.4, -0.2) is 40.4 Å². The number of ketones is 1. The number of Topliss-reactive ketones (excluding diaryl/α,β-unsaturated/α-hetero) is 1. The molecule has 1 aromatic heterocycles. The van der Waals surface area contributed by atoms with E-state index in [-0.39, 0.29) is 22.0 Å². The maximum absolute atomic E-state index is 13.4. The number of amides is 1. The van der Waals surface area contributed by atoms with Gasteiger partial charge < -0.3 is 14.6 Å². The Kier molecular flexibility index (Phi) is 6.52. The molecule has 1 aliphatic rings. The number of fused-ring (bicyclic) bond motifs is 1. The molecular weight excluding hydrogens is 510 g/mol. The molecule has 10 nitrogen and oxygen atoms in total. The molecule has 3 aromatic carbocycles. The first kappa shape index (κ1) is 24.9. The normalized spacial score (nSPS) is 16.7. The smallest absolute Gasteiger partial charge is 0.301 e. The zero-order chi connectivity index (χ0) is 27.0. The van der Waals surface area contributed by atoms with Crippen molar-refractivity contribution in [2.75, 3.05) is 18.6 Å². The molecule has 2 heterocycles. The fourth-order valence-electron chi connectivity index (χ4n) is 4.30. The number of benzene rings is 3. The summed E-state index contributed by atoms with van der Waals surface area (Å²) in [7, 11) is 1.47. The van der Waals surface area contributed by atoms with Gasteiger partial charge in [0.05, 0.1) is 40.5 Å². The molecule has 0 spiro atoms. The van der Waals surface area contributed by atoms with Crippen LogP contribution in [0.15, 0.2) is 72.3 Å². The van der Waals surface area contributed by atoms with Gasteiger partial charge in [0.2, 0.25) is 0 Å². The number of aliphatic hydroxyl groups excluding tert-OH is 1. The Bertz CT molecular complexity index is 1610. The summed E-state index contributed by atoms with van der Waals surface area (Å²) >= 11 is 1.19. The van der Waals surface area contributed by atoms with E-state index >= 15 is 0 Å². The van der Waals surface area contributed by atoms with Gasteiger partial charge in [0.25, 0.3) is 11.5 Å². The Hall–Kier alpha value is -4.77. The van der Waals surface area contributed by atoms with Crippen molar-refractivity contribution in [1.29, 1.82) is 0 Å². The summed E-state index contributed by atoms with van der Waals surface area (Å²) in [6.07, 6.45) is 0. The second kappa shape index (κ2) is 9.94. The number of hydrogen-bond donors (Lipinski definition) is 1. The number of rotatable bonds is 7. The summed E-state index contributed by atoms with van der Waals surface area (Å²) in [5, 5.41) is 22.7. The minimum Gasteiger partial charge on any atom is -0.507 e. The lowest BCUT2D eigenvalue weighted by Crippen LogP contribution is -2.29. The summed E-state index contributed by atoms with van der Waals surface area (Å²) in [4.78, 5) is 43.3. The van der Waals surface area contributed by atoms with Crippen molar-refractivity contribution in [1.82, 2.24) is 4.98 Å². The number of ether oxygens (including phenoxy) is 2. The van der Waals surface area contributed by atoms with Gasteiger partial charge in [-0.3, -0.25) is 24.6 Å². The van der Waals surface area contributed by atoms with Gasteiger partial charge in [-0.05, 0) is 55.0 Å². The van der Waals surface area contributed by atoms with E-state index in [1.54, 1.807) is 42.5 Å². The first-order valence-electron chi connectivity index (χ1n) is 11.6. The first-order chi connectivity index (χ1) is 18.3. The van der Waals surface area contributed by atoms with Gasteiger partial charge in [-0.2, -0.15) is 0 Å². The van der Waals surface area contributed by atoms with Crippen molar-refractivity contribution >= 4 is 49.8 Å². The molecule has 1 fully saturated rings. The lowest BCUT2D eigenvalue weighted by molar-refractivity contribution is -0.384. The number of nitro groups is 1. The molecule has 4 aromatic rings. The fourth-order valence-corrected chi connectivity index (χ4v) is 5.32. The lowest BCUT2D eigenvalue weighted by Gasteiger charge is -2.22. The standard InChI is InChI=1S/C27H21N3O7S/c1-3-37-19-11-12-20-21(14-19)38-27(28-20)29-23(15-7-9-17(10-8-15)30(34)35)22(25(32)26(29)33)24(31)16-5-4-6-18(13-16)36-2/h4-14,23,31H,3H2,1-2H3. The predicted octanol–water partition coefficient (Wildman–Crippen LogP) is 5.24. The van der Waals surface area contributed by atoms with Crippen LogP contribution >= 0.6 is 11.3 Å². The molecule has 0 bridgehead atoms. The van der Waals surface area contributed by atoms with Crippen molar-refractivity contribution in [2.24, 2.45) is 0 Å². The number of non-ortho nitro benzene ring substituents is 1. The summed E-state index contributed by atoms with van der Waals surface area (Å²) in [5.41, 5.74) is 0.965. The Morgan fingerprint density at radius 2 is 1.87 bits per heavy atom. The van der Waals surface area contributed by atoms with Gasteiger partial charge in [-0.15, -0.1) is 0 Å². The largest absolute Gasteiger partial charge is 0.507 e. The zero-order valence-electron chi connectivity index (χ0n) is 20.3. The van der Waals surface area contributed by atoms with Crippen LogP contribution in [0, 0.1) is 10.1 Å². The molecule has 192 valence electrons. The van der Waals surface area contributed by atoms with E-state index in [2.05, 4.69) is 4.98 Å². The number of aromatic nitrogens is 1. The number of anilines is 1. The maximum Gasteiger partial charge on any atom is 0.301 e. The molecule has 38 heavy (non-hydrogen) atoms. The number of aliphatic hydroxyl groups is 1. The van der Waals surface area contributed by atoms with E-state index in [4.69, 9.17) is 9.47 Å². The summed E-state index contributed by atoms with van der Waals surface area (Å²) in [5.74, 6) is -1.08. The first-order valence-corrected chi connectivity index (χ1v) is 12.4. The van der Waals surface area contributed by atoms with Gasteiger partial charge >= 0.3 is 5.91 Å². The Morgan fingerprint density at radius 1 is 1.11 bits per heavy atom. The summed E-state index contributed by atoms with van der Waals surface area (Å²) in [6, 6.07) is 16.2. The molecule has 1 atom stereocenters. The number of hydrogen-bond acceptors (Lipinski definition) is 9. The molecule has 0 radical (unpaired) electrons. The molecular formula is C27H21N3O7S. The van der Waals surface area contributed by atoms with E-state index < -0.39 is 28.4 Å². The summed E-state index contributed by atoms with van der Waals surface area (Å²) in [6.45, 7) is 2.35. The van der Waals surface area contributed by atoms with Gasteiger partial charge in [-0.25, -0.2) is 4.98 Å². The van der Waals surface area contributed by atoms with Crippen molar-refractivity contribution in [3.05, 3.63) is 93.5 Å². The average molecular weight is 532 g/mol. The third kappa shape index (κ3) is 4.33. The van der Waals surface area contributed by atoms with Crippen molar-refractivity contribution in [3.8, 4) is 11.5 Å². The summed E-state index contributed by atoms with van der Waals surface area (Å²) < 4.78 is 11.5. The lowest BCUT2D eigenvalue weighted by atomic mass is 9.95. The highest BCUT2D eigenvalue weighted by molar-refractivity contribution is 7.22. The molecule has 1 amide bonds. The third-order valence-corrected chi connectivity index (χ3v) is 7.09. The van der Waals surface area contributed by atoms with E-state index in [1.165, 1.54) is 47.6 Å². The molecule has 0 aliphatic carbocycles. The van der Waals surface area contributed by atoms with Crippen LogP contribution in [0.1, 0.15) is 24.1 Å². The van der Waals surface area contributed by atoms with E-state index in [0.29, 0.717) is 29.2 Å². The van der Waals surface area contributed by atoms with Gasteiger partial charge in [-0.1, -0.05) is 23.5 Å². The topological polar surface area (TPSA) is 132 Å². The monoisotopic (exact) mass is 531 g/mol. The van der Waals surface area contributed by atoms with Crippen LogP contribution in [0.2, 0.25) is 0 Å². The van der Waals surface area contributed by atoms with E-state index in [1.807, 2.05) is 6.92 Å². The Balaban J connectivity index is 1.69. The molecule has 11 heteroatoms.